The third-order valence-corrected chi connectivity index (χ3v) is 10.9. The van der Waals surface area contributed by atoms with Crippen LogP contribution in [0.1, 0.15) is 0 Å². The molecule has 0 spiro atoms. The van der Waals surface area contributed by atoms with E-state index in [-0.39, 0.29) is 0 Å². The Hall–Kier alpha value is -7.23. The minimum Gasteiger partial charge on any atom is -0.309 e. The summed E-state index contributed by atoms with van der Waals surface area (Å²) in [4.78, 5) is 5.52. The summed E-state index contributed by atoms with van der Waals surface area (Å²) >= 11 is 0. The van der Waals surface area contributed by atoms with Gasteiger partial charge in [0.2, 0.25) is 0 Å². The highest BCUT2D eigenvalue weighted by Crippen LogP contribution is 2.44. The molecule has 3 aromatic heterocycles. The zero-order valence-corrected chi connectivity index (χ0v) is 29.4. The number of hydrogen-bond acceptors (Lipinski definition) is 1. The van der Waals surface area contributed by atoms with E-state index in [1.54, 1.807) is 0 Å². The Kier molecular flexibility index (Phi) is 6.86. The molecule has 11 rings (SSSR count). The molecular formula is C51H33N3. The third-order valence-electron chi connectivity index (χ3n) is 10.9. The molecule has 0 saturated heterocycles. The van der Waals surface area contributed by atoms with Crippen molar-refractivity contribution in [2.45, 2.75) is 0 Å². The maximum absolute atomic E-state index is 5.52. The predicted octanol–water partition coefficient (Wildman–Crippen LogP) is 13.4. The summed E-state index contributed by atoms with van der Waals surface area (Å²) in [6, 6.07) is 72.0. The monoisotopic (exact) mass is 687 g/mol. The lowest BCUT2D eigenvalue weighted by Crippen LogP contribution is -1.99. The molecule has 3 nitrogen and oxygen atoms in total. The summed E-state index contributed by atoms with van der Waals surface area (Å²) in [5.74, 6) is 0. The van der Waals surface area contributed by atoms with Crippen LogP contribution in [0.4, 0.5) is 0 Å². The molecule has 0 bridgehead atoms. The van der Waals surface area contributed by atoms with Crippen molar-refractivity contribution in [1.82, 2.24) is 14.1 Å². The number of hydrogen-bond donors (Lipinski definition) is 0. The van der Waals surface area contributed by atoms with Crippen LogP contribution in [0.5, 0.6) is 0 Å². The lowest BCUT2D eigenvalue weighted by Gasteiger charge is -2.16. The number of pyridine rings is 1. The molecule has 3 heterocycles. The zero-order valence-electron chi connectivity index (χ0n) is 29.4. The standard InChI is InChI=1S/C51H33N3/c1-4-16-34(17-5-1)37-31-45(35-18-6-2-7-19-35)52-46(32-37)50-40-23-11-10-20-36(40)30-44-42-25-13-15-27-48(42)54(51(44)50)39-28-29-43-41-24-12-14-26-47(41)53(49(43)33-39)38-21-8-3-9-22-38/h1-33H. The van der Waals surface area contributed by atoms with Gasteiger partial charge in [-0.05, 0) is 76.5 Å². The summed E-state index contributed by atoms with van der Waals surface area (Å²) in [5, 5.41) is 7.25. The van der Waals surface area contributed by atoms with Gasteiger partial charge in [0.1, 0.15) is 0 Å². The summed E-state index contributed by atoms with van der Waals surface area (Å²) in [7, 11) is 0. The predicted molar refractivity (Wildman–Crippen MR) is 227 cm³/mol. The van der Waals surface area contributed by atoms with Gasteiger partial charge in [-0.3, -0.25) is 0 Å². The summed E-state index contributed by atoms with van der Waals surface area (Å²) in [6.45, 7) is 0. The molecule has 0 N–H and O–H groups in total. The molecular weight excluding hydrogens is 655 g/mol. The molecule has 0 aliphatic rings. The lowest BCUT2D eigenvalue weighted by atomic mass is 9.94. The number of aromatic nitrogens is 3. The number of rotatable bonds is 5. The van der Waals surface area contributed by atoms with Crippen LogP contribution in [0.25, 0.3) is 99.4 Å². The molecule has 0 fully saturated rings. The fourth-order valence-corrected chi connectivity index (χ4v) is 8.48. The van der Waals surface area contributed by atoms with Crippen molar-refractivity contribution < 1.29 is 0 Å². The maximum Gasteiger partial charge on any atom is 0.0743 e. The molecule has 0 amide bonds. The van der Waals surface area contributed by atoms with Gasteiger partial charge in [0.05, 0.1) is 33.5 Å². The van der Waals surface area contributed by atoms with Crippen molar-refractivity contribution in [1.29, 1.82) is 0 Å². The number of benzene rings is 8. The van der Waals surface area contributed by atoms with E-state index in [0.29, 0.717) is 0 Å². The molecule has 0 aliphatic carbocycles. The van der Waals surface area contributed by atoms with Crippen LogP contribution >= 0.6 is 0 Å². The highest BCUT2D eigenvalue weighted by molar-refractivity contribution is 6.21. The van der Waals surface area contributed by atoms with Crippen LogP contribution in [-0.2, 0) is 0 Å². The summed E-state index contributed by atoms with van der Waals surface area (Å²) < 4.78 is 4.87. The van der Waals surface area contributed by atoms with Gasteiger partial charge < -0.3 is 9.13 Å². The molecule has 11 aromatic rings. The normalized spacial score (nSPS) is 11.7. The molecule has 252 valence electrons. The second-order valence-electron chi connectivity index (χ2n) is 14.0. The number of fused-ring (bicyclic) bond motifs is 7. The third kappa shape index (κ3) is 4.72. The van der Waals surface area contributed by atoms with Gasteiger partial charge in [0.25, 0.3) is 0 Å². The quantitative estimate of drug-likeness (QED) is 0.177. The zero-order chi connectivity index (χ0) is 35.6. The number of para-hydroxylation sites is 3. The van der Waals surface area contributed by atoms with E-state index in [0.717, 1.165) is 56.0 Å². The average molecular weight is 688 g/mol. The fraction of sp³-hybridized carbons (Fsp3) is 0. The first-order valence-corrected chi connectivity index (χ1v) is 18.5. The molecule has 0 atom stereocenters. The highest BCUT2D eigenvalue weighted by atomic mass is 15.0. The molecule has 0 aliphatic heterocycles. The van der Waals surface area contributed by atoms with Crippen molar-refractivity contribution in [3.05, 3.63) is 200 Å². The minimum atomic E-state index is 0.945. The Morgan fingerprint density at radius 1 is 0.315 bits per heavy atom. The van der Waals surface area contributed by atoms with Gasteiger partial charge in [-0.25, -0.2) is 4.98 Å². The first-order chi connectivity index (χ1) is 26.8. The first kappa shape index (κ1) is 30.4. The minimum absolute atomic E-state index is 0.945. The highest BCUT2D eigenvalue weighted by Gasteiger charge is 2.22. The van der Waals surface area contributed by atoms with Gasteiger partial charge in [0.15, 0.2) is 0 Å². The van der Waals surface area contributed by atoms with E-state index in [1.165, 1.54) is 43.4 Å². The Balaban J connectivity index is 1.28. The van der Waals surface area contributed by atoms with Crippen LogP contribution in [0, 0.1) is 0 Å². The van der Waals surface area contributed by atoms with Gasteiger partial charge >= 0.3 is 0 Å². The van der Waals surface area contributed by atoms with Crippen LogP contribution in [0.15, 0.2) is 200 Å². The van der Waals surface area contributed by atoms with Gasteiger partial charge in [-0.1, -0.05) is 146 Å². The van der Waals surface area contributed by atoms with E-state index in [2.05, 4.69) is 209 Å². The van der Waals surface area contributed by atoms with Crippen molar-refractivity contribution in [3.8, 4) is 45.0 Å². The Morgan fingerprint density at radius 2 is 0.870 bits per heavy atom. The van der Waals surface area contributed by atoms with Crippen LogP contribution in [-0.4, -0.2) is 14.1 Å². The Labute approximate surface area is 312 Å². The molecule has 3 heteroatoms. The molecule has 0 radical (unpaired) electrons. The second kappa shape index (κ2) is 12.2. The smallest absolute Gasteiger partial charge is 0.0743 e. The molecule has 8 aromatic carbocycles. The topological polar surface area (TPSA) is 22.8 Å². The van der Waals surface area contributed by atoms with Crippen molar-refractivity contribution in [3.63, 3.8) is 0 Å². The van der Waals surface area contributed by atoms with Gasteiger partial charge in [0, 0.05) is 44.0 Å². The van der Waals surface area contributed by atoms with Gasteiger partial charge in [-0.15, -0.1) is 0 Å². The largest absolute Gasteiger partial charge is 0.309 e. The Morgan fingerprint density at radius 3 is 1.61 bits per heavy atom. The van der Waals surface area contributed by atoms with E-state index >= 15 is 0 Å². The van der Waals surface area contributed by atoms with E-state index in [9.17, 15) is 0 Å². The SMILES string of the molecule is c1ccc(-c2cc(-c3ccccc3)nc(-c3c4ccccc4cc4c5ccccc5n(-c5ccc6c7ccccc7n(-c7ccccc7)c6c5)c34)c2)cc1. The van der Waals surface area contributed by atoms with Crippen molar-refractivity contribution in [2.24, 2.45) is 0 Å². The fourth-order valence-electron chi connectivity index (χ4n) is 8.48. The first-order valence-electron chi connectivity index (χ1n) is 18.5. The number of nitrogens with zero attached hydrogens (tertiary/aromatic N) is 3. The second-order valence-corrected chi connectivity index (χ2v) is 14.0. The van der Waals surface area contributed by atoms with Crippen molar-refractivity contribution in [2.75, 3.05) is 0 Å². The summed E-state index contributed by atoms with van der Waals surface area (Å²) in [5.41, 5.74) is 13.3. The summed E-state index contributed by atoms with van der Waals surface area (Å²) in [6.07, 6.45) is 0. The van der Waals surface area contributed by atoms with Crippen LogP contribution in [0.2, 0.25) is 0 Å². The van der Waals surface area contributed by atoms with E-state index in [4.69, 9.17) is 4.98 Å². The Bertz CT molecular complexity index is 3130. The van der Waals surface area contributed by atoms with Crippen LogP contribution in [0.3, 0.4) is 0 Å². The van der Waals surface area contributed by atoms with Crippen molar-refractivity contribution >= 4 is 54.4 Å². The average Bonchev–Trinajstić information content (AvgIpc) is 3.76. The van der Waals surface area contributed by atoms with E-state index in [1.807, 2.05) is 0 Å². The lowest BCUT2D eigenvalue weighted by molar-refractivity contribution is 1.15. The molecule has 0 unspecified atom stereocenters. The molecule has 0 saturated carbocycles. The van der Waals surface area contributed by atoms with E-state index < -0.39 is 0 Å². The van der Waals surface area contributed by atoms with Gasteiger partial charge in [-0.2, -0.15) is 0 Å². The molecule has 54 heavy (non-hydrogen) atoms. The maximum atomic E-state index is 5.52. The van der Waals surface area contributed by atoms with Crippen LogP contribution < -0.4 is 0 Å².